The summed E-state index contributed by atoms with van der Waals surface area (Å²) in [5.74, 6) is -0.354. The Kier molecular flexibility index (Phi) is 4.91. The van der Waals surface area contributed by atoms with Gasteiger partial charge in [0.15, 0.2) is 15.3 Å². The number of pyridine rings is 1. The molecule has 0 N–H and O–H groups in total. The summed E-state index contributed by atoms with van der Waals surface area (Å²) in [4.78, 5) is 24.3. The van der Waals surface area contributed by atoms with Gasteiger partial charge in [0, 0.05) is 30.8 Å². The molecule has 0 atom stereocenters. The van der Waals surface area contributed by atoms with E-state index in [1.165, 1.54) is 42.2 Å². The van der Waals surface area contributed by atoms with Crippen LogP contribution in [-0.4, -0.2) is 31.5 Å². The molecule has 0 bridgehead atoms. The molecule has 3 aromatic rings. The molecule has 0 aliphatic rings. The normalized spacial score (nSPS) is 11.8. The Morgan fingerprint density at radius 1 is 1.07 bits per heavy atom. The van der Waals surface area contributed by atoms with E-state index in [1.807, 2.05) is 0 Å². The molecule has 1 aromatic heterocycles. The van der Waals surface area contributed by atoms with Gasteiger partial charge in [-0.1, -0.05) is 24.3 Å². The molecule has 0 aliphatic heterocycles. The number of para-hydroxylation sites is 1. The third-order valence-corrected chi connectivity index (χ3v) is 5.02. The predicted octanol–water partition coefficient (Wildman–Crippen LogP) is 1.92. The lowest BCUT2D eigenvalue weighted by Crippen LogP contribution is -2.34. The molecule has 3 rings (SSSR count). The highest BCUT2D eigenvalue weighted by Gasteiger charge is 2.12. The van der Waals surface area contributed by atoms with Crippen molar-refractivity contribution < 1.29 is 13.2 Å². The van der Waals surface area contributed by atoms with Crippen LogP contribution in [0.15, 0.2) is 75.6 Å². The summed E-state index contributed by atoms with van der Waals surface area (Å²) < 4.78 is 24.5. The van der Waals surface area contributed by atoms with Gasteiger partial charge >= 0.3 is 0 Å². The van der Waals surface area contributed by atoms with Crippen LogP contribution in [0.25, 0.3) is 10.9 Å². The Bertz CT molecular complexity index is 1200. The number of aromatic nitrogens is 1. The number of carbonyl (C=O) groups excluding carboxylic acids is 1. The lowest BCUT2D eigenvalue weighted by Gasteiger charge is -2.20. The van der Waals surface area contributed by atoms with E-state index < -0.39 is 9.84 Å². The van der Waals surface area contributed by atoms with Crippen molar-refractivity contribution in [2.45, 2.75) is 11.8 Å². The second kappa shape index (κ2) is 7.16. The molecular formula is C19H17N3O4S. The number of fused-ring (bicyclic) bond motifs is 1. The van der Waals surface area contributed by atoms with E-state index in [1.54, 1.807) is 36.4 Å². The fourth-order valence-corrected chi connectivity index (χ4v) is 3.20. The van der Waals surface area contributed by atoms with Gasteiger partial charge in [0.2, 0.25) is 0 Å². The van der Waals surface area contributed by atoms with Crippen LogP contribution in [-0.2, 0) is 14.6 Å². The molecular weight excluding hydrogens is 366 g/mol. The zero-order valence-corrected chi connectivity index (χ0v) is 15.6. The fraction of sp³-hybridized carbons (Fsp3) is 0.105. The molecule has 138 valence electrons. The van der Waals surface area contributed by atoms with Gasteiger partial charge in [0.05, 0.1) is 16.6 Å². The number of hydrogen-bond donors (Lipinski definition) is 0. The maximum absolute atomic E-state index is 12.1. The van der Waals surface area contributed by atoms with Gasteiger partial charge in [-0.2, -0.15) is 5.10 Å². The van der Waals surface area contributed by atoms with Crippen LogP contribution < -0.4 is 10.5 Å². The topological polar surface area (TPSA) is 88.8 Å². The van der Waals surface area contributed by atoms with Gasteiger partial charge in [0.1, 0.15) is 0 Å². The highest BCUT2D eigenvalue weighted by Crippen LogP contribution is 2.12. The number of rotatable bonds is 4. The van der Waals surface area contributed by atoms with Gasteiger partial charge in [-0.3, -0.25) is 9.59 Å². The van der Waals surface area contributed by atoms with E-state index in [4.69, 9.17) is 0 Å². The van der Waals surface area contributed by atoms with Gasteiger partial charge in [0.25, 0.3) is 5.91 Å². The third-order valence-electron chi connectivity index (χ3n) is 3.89. The van der Waals surface area contributed by atoms with Crippen LogP contribution in [0.5, 0.6) is 0 Å². The summed E-state index contributed by atoms with van der Waals surface area (Å²) in [6.45, 7) is 1.36. The number of hydrazone groups is 1. The van der Waals surface area contributed by atoms with Crippen LogP contribution in [0, 0.1) is 0 Å². The molecule has 0 radical (unpaired) electrons. The Morgan fingerprint density at radius 2 is 1.74 bits per heavy atom. The van der Waals surface area contributed by atoms with Crippen molar-refractivity contribution >= 4 is 32.9 Å². The Balaban J connectivity index is 2.01. The number of nitrogens with zero attached hydrogens (tertiary/aromatic N) is 3. The third kappa shape index (κ3) is 3.95. The zero-order chi connectivity index (χ0) is 19.6. The smallest absolute Gasteiger partial charge is 0.259 e. The monoisotopic (exact) mass is 383 g/mol. The van der Waals surface area contributed by atoms with Crippen LogP contribution >= 0.6 is 0 Å². The first-order chi connectivity index (χ1) is 12.8. The van der Waals surface area contributed by atoms with E-state index in [0.717, 1.165) is 11.4 Å². The quantitative estimate of drug-likeness (QED) is 0.509. The molecule has 0 saturated carbocycles. The Morgan fingerprint density at radius 3 is 2.37 bits per heavy atom. The average Bonchev–Trinajstić information content (AvgIpc) is 2.63. The molecule has 0 unspecified atom stereocenters. The highest BCUT2D eigenvalue weighted by molar-refractivity contribution is 7.90. The summed E-state index contributed by atoms with van der Waals surface area (Å²) >= 11 is 0. The van der Waals surface area contributed by atoms with E-state index >= 15 is 0 Å². The van der Waals surface area contributed by atoms with Crippen molar-refractivity contribution in [1.29, 1.82) is 0 Å². The molecule has 2 aromatic carbocycles. The molecule has 1 amide bonds. The predicted molar refractivity (Wildman–Crippen MR) is 104 cm³/mol. The van der Waals surface area contributed by atoms with E-state index in [0.29, 0.717) is 16.5 Å². The van der Waals surface area contributed by atoms with Crippen LogP contribution in [0.2, 0.25) is 0 Å². The number of benzene rings is 2. The fourth-order valence-electron chi connectivity index (χ4n) is 2.57. The summed E-state index contributed by atoms with van der Waals surface area (Å²) in [6.07, 6.45) is 4.06. The zero-order valence-electron chi connectivity index (χ0n) is 14.7. The maximum atomic E-state index is 12.1. The minimum Gasteiger partial charge on any atom is -0.289 e. The SMILES string of the molecule is CC(=O)N(N=Cc1ccc(S(C)(=O)=O)cc1)n1ccc(=O)c2ccccc21. The number of hydrogen-bond acceptors (Lipinski definition) is 5. The lowest BCUT2D eigenvalue weighted by atomic mass is 10.2. The molecule has 27 heavy (non-hydrogen) atoms. The van der Waals surface area contributed by atoms with Crippen molar-refractivity contribution in [3.63, 3.8) is 0 Å². The van der Waals surface area contributed by atoms with Crippen LogP contribution in [0.4, 0.5) is 0 Å². The summed E-state index contributed by atoms with van der Waals surface area (Å²) in [5.41, 5.74) is 1.02. The lowest BCUT2D eigenvalue weighted by molar-refractivity contribution is -0.118. The first-order valence-corrected chi connectivity index (χ1v) is 9.92. The van der Waals surface area contributed by atoms with Crippen molar-refractivity contribution in [2.24, 2.45) is 5.10 Å². The van der Waals surface area contributed by atoms with E-state index in [-0.39, 0.29) is 16.2 Å². The van der Waals surface area contributed by atoms with Crippen LogP contribution in [0.3, 0.4) is 0 Å². The second-order valence-electron chi connectivity index (χ2n) is 5.94. The summed E-state index contributed by atoms with van der Waals surface area (Å²) in [5, 5.41) is 5.81. The van der Waals surface area contributed by atoms with Gasteiger partial charge in [-0.25, -0.2) is 13.1 Å². The molecule has 0 aliphatic carbocycles. The van der Waals surface area contributed by atoms with Crippen LogP contribution in [0.1, 0.15) is 12.5 Å². The molecule has 0 spiro atoms. The van der Waals surface area contributed by atoms with Gasteiger partial charge in [-0.05, 0) is 29.8 Å². The van der Waals surface area contributed by atoms with Gasteiger partial charge in [-0.15, -0.1) is 5.12 Å². The largest absolute Gasteiger partial charge is 0.289 e. The Hall–Kier alpha value is -3.26. The number of amides is 1. The van der Waals surface area contributed by atoms with Crippen molar-refractivity contribution in [2.75, 3.05) is 11.4 Å². The second-order valence-corrected chi connectivity index (χ2v) is 7.95. The summed E-state index contributed by atoms with van der Waals surface area (Å²) in [7, 11) is -3.28. The average molecular weight is 383 g/mol. The molecule has 0 fully saturated rings. The maximum Gasteiger partial charge on any atom is 0.259 e. The first kappa shape index (κ1) is 18.5. The van der Waals surface area contributed by atoms with Crippen molar-refractivity contribution in [3.8, 4) is 0 Å². The Labute approximate surface area is 156 Å². The standard InChI is InChI=1S/C19H17N3O4S/c1-14(23)22(20-13-15-7-9-16(10-8-15)27(2,25)26)21-12-11-19(24)17-5-3-4-6-18(17)21/h3-13H,1-2H3. The summed E-state index contributed by atoms with van der Waals surface area (Å²) in [6, 6.07) is 14.4. The van der Waals surface area contributed by atoms with Crippen molar-refractivity contribution in [1.82, 2.24) is 4.68 Å². The molecule has 8 heteroatoms. The highest BCUT2D eigenvalue weighted by atomic mass is 32.2. The minimum atomic E-state index is -3.28. The van der Waals surface area contributed by atoms with Gasteiger partial charge < -0.3 is 0 Å². The molecule has 7 nitrogen and oxygen atoms in total. The van der Waals surface area contributed by atoms with E-state index in [2.05, 4.69) is 5.10 Å². The number of carbonyl (C=O) groups is 1. The van der Waals surface area contributed by atoms with Crippen molar-refractivity contribution in [3.05, 3.63) is 76.6 Å². The molecule has 0 saturated heterocycles. The number of sulfone groups is 1. The first-order valence-electron chi connectivity index (χ1n) is 8.03. The minimum absolute atomic E-state index is 0.148. The van der Waals surface area contributed by atoms with E-state index in [9.17, 15) is 18.0 Å². The molecule has 1 heterocycles.